The predicted octanol–water partition coefficient (Wildman–Crippen LogP) is 5.93. The van der Waals surface area contributed by atoms with E-state index in [1.54, 1.807) is 32.4 Å². The SMILES string of the molecule is COc1cc(C[C@H]2C(=O)OC[C@@H]2C(O)c2ccc(OCc3ccccc3)c(OC)c2)ccc1OCc1ccccc1. The second kappa shape index (κ2) is 13.2. The van der Waals surface area contributed by atoms with Crippen molar-refractivity contribution in [2.24, 2.45) is 11.8 Å². The number of aliphatic hydroxyl groups is 1. The average Bonchev–Trinajstić information content (AvgIpc) is 3.39. The fraction of sp³-hybridized carbons (Fsp3) is 0.265. The molecular weight excluding hydrogens is 520 g/mol. The Morgan fingerprint density at radius 3 is 1.88 bits per heavy atom. The van der Waals surface area contributed by atoms with E-state index in [9.17, 15) is 9.90 Å². The Morgan fingerprint density at radius 1 is 0.732 bits per heavy atom. The van der Waals surface area contributed by atoms with E-state index < -0.39 is 17.9 Å². The molecule has 4 aromatic carbocycles. The summed E-state index contributed by atoms with van der Waals surface area (Å²) in [6, 6.07) is 30.7. The molecule has 0 aromatic heterocycles. The number of cyclic esters (lactones) is 1. The van der Waals surface area contributed by atoms with Gasteiger partial charge in [-0.05, 0) is 52.9 Å². The van der Waals surface area contributed by atoms with Crippen LogP contribution in [0.15, 0.2) is 97.1 Å². The molecule has 1 aliphatic rings. The van der Waals surface area contributed by atoms with Gasteiger partial charge in [-0.2, -0.15) is 0 Å². The van der Waals surface area contributed by atoms with E-state index in [2.05, 4.69) is 0 Å². The minimum atomic E-state index is -0.932. The van der Waals surface area contributed by atoms with Crippen LogP contribution < -0.4 is 18.9 Å². The van der Waals surface area contributed by atoms with Gasteiger partial charge in [-0.1, -0.05) is 72.8 Å². The Hall–Kier alpha value is -4.49. The van der Waals surface area contributed by atoms with Crippen molar-refractivity contribution >= 4 is 5.97 Å². The molecule has 41 heavy (non-hydrogen) atoms. The summed E-state index contributed by atoms with van der Waals surface area (Å²) in [6.45, 7) is 0.944. The van der Waals surface area contributed by atoms with E-state index in [4.69, 9.17) is 23.7 Å². The van der Waals surface area contributed by atoms with Crippen molar-refractivity contribution in [2.45, 2.75) is 25.7 Å². The summed E-state index contributed by atoms with van der Waals surface area (Å²) in [4.78, 5) is 12.8. The van der Waals surface area contributed by atoms with Crippen molar-refractivity contribution in [3.05, 3.63) is 119 Å². The molecule has 1 N–H and O–H groups in total. The summed E-state index contributed by atoms with van der Waals surface area (Å²) in [5, 5.41) is 11.4. The zero-order valence-electron chi connectivity index (χ0n) is 23.2. The van der Waals surface area contributed by atoms with Crippen LogP contribution in [0.2, 0.25) is 0 Å². The van der Waals surface area contributed by atoms with E-state index in [0.717, 1.165) is 16.7 Å². The highest BCUT2D eigenvalue weighted by atomic mass is 16.5. The Kier molecular flexibility index (Phi) is 9.06. The smallest absolute Gasteiger partial charge is 0.309 e. The standard InChI is InChI=1S/C34H34O7/c1-37-31-18-25(13-15-29(31)39-20-23-9-5-3-6-10-23)17-27-28(22-41-34(27)36)33(35)26-14-16-30(32(19-26)38-2)40-21-24-11-7-4-8-12-24/h3-16,18-19,27-28,33,35H,17,20-22H2,1-2H3/t27-,28+,33?/m1/s1. The van der Waals surface area contributed by atoms with Crippen molar-refractivity contribution in [3.8, 4) is 23.0 Å². The van der Waals surface area contributed by atoms with Gasteiger partial charge < -0.3 is 28.8 Å². The lowest BCUT2D eigenvalue weighted by Crippen LogP contribution is -2.24. The molecule has 0 bridgehead atoms. The van der Waals surface area contributed by atoms with Crippen molar-refractivity contribution in [1.29, 1.82) is 0 Å². The van der Waals surface area contributed by atoms with Crippen molar-refractivity contribution < 1.29 is 33.6 Å². The first-order valence-electron chi connectivity index (χ1n) is 13.6. The van der Waals surface area contributed by atoms with Crippen LogP contribution in [-0.4, -0.2) is 31.9 Å². The minimum absolute atomic E-state index is 0.134. The minimum Gasteiger partial charge on any atom is -0.493 e. The summed E-state index contributed by atoms with van der Waals surface area (Å²) >= 11 is 0. The number of benzene rings is 4. The molecule has 7 heteroatoms. The van der Waals surface area contributed by atoms with E-state index in [-0.39, 0.29) is 12.6 Å². The first-order chi connectivity index (χ1) is 20.1. The van der Waals surface area contributed by atoms with Crippen LogP contribution in [0.3, 0.4) is 0 Å². The zero-order valence-corrected chi connectivity index (χ0v) is 23.2. The topological polar surface area (TPSA) is 83.5 Å². The number of aliphatic hydroxyl groups excluding tert-OH is 1. The Bertz CT molecular complexity index is 1440. The second-order valence-corrected chi connectivity index (χ2v) is 9.99. The summed E-state index contributed by atoms with van der Waals surface area (Å²) < 4.78 is 28.5. The van der Waals surface area contributed by atoms with Gasteiger partial charge in [0.15, 0.2) is 23.0 Å². The van der Waals surface area contributed by atoms with Crippen molar-refractivity contribution in [3.63, 3.8) is 0 Å². The summed E-state index contributed by atoms with van der Waals surface area (Å²) in [7, 11) is 3.15. The first kappa shape index (κ1) is 28.1. The summed E-state index contributed by atoms with van der Waals surface area (Å²) in [5.74, 6) is 1.01. The summed E-state index contributed by atoms with van der Waals surface area (Å²) in [5.41, 5.74) is 3.61. The van der Waals surface area contributed by atoms with Crippen LogP contribution in [0.5, 0.6) is 23.0 Å². The number of methoxy groups -OCH3 is 2. The maximum atomic E-state index is 12.8. The lowest BCUT2D eigenvalue weighted by molar-refractivity contribution is -0.141. The van der Waals surface area contributed by atoms with E-state index in [1.165, 1.54) is 0 Å². The molecule has 0 amide bonds. The second-order valence-electron chi connectivity index (χ2n) is 9.99. The molecule has 0 radical (unpaired) electrons. The molecule has 1 fully saturated rings. The number of rotatable bonds is 12. The molecule has 0 spiro atoms. The molecule has 0 saturated carbocycles. The van der Waals surface area contributed by atoms with Crippen LogP contribution in [0.4, 0.5) is 0 Å². The Balaban J connectivity index is 1.27. The molecular formula is C34H34O7. The summed E-state index contributed by atoms with van der Waals surface area (Å²) in [6.07, 6.45) is -0.537. The van der Waals surface area contributed by atoms with Gasteiger partial charge in [-0.15, -0.1) is 0 Å². The lowest BCUT2D eigenvalue weighted by Gasteiger charge is -2.23. The zero-order chi connectivity index (χ0) is 28.6. The molecule has 5 rings (SSSR count). The van der Waals surface area contributed by atoms with Crippen LogP contribution in [0, 0.1) is 11.8 Å². The number of esters is 1. The van der Waals surface area contributed by atoms with Gasteiger partial charge in [0.1, 0.15) is 13.2 Å². The van der Waals surface area contributed by atoms with E-state index in [1.807, 2.05) is 78.9 Å². The number of hydrogen-bond donors (Lipinski definition) is 1. The molecule has 1 heterocycles. The maximum Gasteiger partial charge on any atom is 0.309 e. The fourth-order valence-electron chi connectivity index (χ4n) is 5.04. The lowest BCUT2D eigenvalue weighted by atomic mass is 9.83. The highest BCUT2D eigenvalue weighted by molar-refractivity contribution is 5.75. The molecule has 212 valence electrons. The quantitative estimate of drug-likeness (QED) is 0.218. The Morgan fingerprint density at radius 2 is 1.29 bits per heavy atom. The van der Waals surface area contributed by atoms with Gasteiger partial charge in [0, 0.05) is 5.92 Å². The van der Waals surface area contributed by atoms with Gasteiger partial charge in [-0.3, -0.25) is 4.79 Å². The van der Waals surface area contributed by atoms with Crippen LogP contribution in [0.1, 0.15) is 28.4 Å². The van der Waals surface area contributed by atoms with Crippen molar-refractivity contribution in [2.75, 3.05) is 20.8 Å². The molecule has 1 aliphatic heterocycles. The highest BCUT2D eigenvalue weighted by Crippen LogP contribution is 2.40. The maximum absolute atomic E-state index is 12.8. The van der Waals surface area contributed by atoms with E-state index >= 15 is 0 Å². The number of ether oxygens (including phenoxy) is 5. The highest BCUT2D eigenvalue weighted by Gasteiger charge is 2.41. The molecule has 1 saturated heterocycles. The van der Waals surface area contributed by atoms with Gasteiger partial charge in [0.05, 0.1) is 32.8 Å². The van der Waals surface area contributed by atoms with Gasteiger partial charge in [0.25, 0.3) is 0 Å². The average molecular weight is 555 g/mol. The molecule has 0 aliphatic carbocycles. The van der Waals surface area contributed by atoms with Crippen LogP contribution >= 0.6 is 0 Å². The molecule has 3 atom stereocenters. The fourth-order valence-corrected chi connectivity index (χ4v) is 5.04. The van der Waals surface area contributed by atoms with Gasteiger partial charge in [0.2, 0.25) is 0 Å². The largest absolute Gasteiger partial charge is 0.493 e. The normalized spacial score (nSPS) is 17.0. The third kappa shape index (κ3) is 6.81. The molecule has 4 aromatic rings. The van der Waals surface area contributed by atoms with Crippen LogP contribution in [-0.2, 0) is 29.2 Å². The number of carbonyl (C=O) groups is 1. The van der Waals surface area contributed by atoms with Gasteiger partial charge in [-0.25, -0.2) is 0 Å². The third-order valence-electron chi connectivity index (χ3n) is 7.33. The molecule has 7 nitrogen and oxygen atoms in total. The Labute approximate surface area is 240 Å². The van der Waals surface area contributed by atoms with E-state index in [0.29, 0.717) is 48.2 Å². The van der Waals surface area contributed by atoms with Crippen LogP contribution in [0.25, 0.3) is 0 Å². The monoisotopic (exact) mass is 554 g/mol. The van der Waals surface area contributed by atoms with Gasteiger partial charge >= 0.3 is 5.97 Å². The number of hydrogen-bond acceptors (Lipinski definition) is 7. The van der Waals surface area contributed by atoms with Crippen molar-refractivity contribution in [1.82, 2.24) is 0 Å². The first-order valence-corrected chi connectivity index (χ1v) is 13.6. The molecule has 1 unspecified atom stereocenters. The number of carbonyl (C=O) groups excluding carboxylic acids is 1. The predicted molar refractivity (Wildman–Crippen MR) is 154 cm³/mol. The third-order valence-corrected chi connectivity index (χ3v) is 7.33.